The molecule has 5 nitrogen and oxygen atoms in total. The quantitative estimate of drug-likeness (QED) is 0.536. The highest BCUT2D eigenvalue weighted by Crippen LogP contribution is 2.27. The van der Waals surface area contributed by atoms with Gasteiger partial charge in [0.15, 0.2) is 6.61 Å². The molecule has 2 rings (SSSR count). The molecule has 0 aliphatic rings. The number of para-hydroxylation sites is 1. The van der Waals surface area contributed by atoms with Crippen LogP contribution < -0.4 is 14.9 Å². The standard InChI is InChI=1S/C23H30N2O3/c1-6-13-27-21-10-8-7-9-18(21)15-24-25-22(26)16-28-20-12-11-19(14-17(20)2)23(3,4)5/h7-12,14-15H,6,13,16H2,1-5H3,(H,25,26)/b24-15-. The van der Waals surface area contributed by atoms with Gasteiger partial charge in [-0.2, -0.15) is 5.10 Å². The predicted molar refractivity (Wildman–Crippen MR) is 113 cm³/mol. The molecule has 1 N–H and O–H groups in total. The number of hydrogen-bond acceptors (Lipinski definition) is 4. The van der Waals surface area contributed by atoms with Gasteiger partial charge in [0.25, 0.3) is 5.91 Å². The summed E-state index contributed by atoms with van der Waals surface area (Å²) < 4.78 is 11.3. The molecule has 0 bridgehead atoms. The average Bonchev–Trinajstić information content (AvgIpc) is 2.65. The van der Waals surface area contributed by atoms with Crippen LogP contribution in [-0.4, -0.2) is 25.3 Å². The van der Waals surface area contributed by atoms with Crippen molar-refractivity contribution < 1.29 is 14.3 Å². The van der Waals surface area contributed by atoms with E-state index in [9.17, 15) is 4.79 Å². The third-order valence-corrected chi connectivity index (χ3v) is 4.17. The fourth-order valence-corrected chi connectivity index (χ4v) is 2.56. The second-order valence-corrected chi connectivity index (χ2v) is 7.70. The Bertz CT molecular complexity index is 823. The maximum atomic E-state index is 12.0. The van der Waals surface area contributed by atoms with Crippen molar-refractivity contribution in [2.45, 2.75) is 46.5 Å². The number of nitrogens with one attached hydrogen (secondary N) is 1. The Hall–Kier alpha value is -2.82. The third-order valence-electron chi connectivity index (χ3n) is 4.17. The molecule has 150 valence electrons. The van der Waals surface area contributed by atoms with Gasteiger partial charge in [-0.25, -0.2) is 5.43 Å². The monoisotopic (exact) mass is 382 g/mol. The van der Waals surface area contributed by atoms with Crippen molar-refractivity contribution in [3.63, 3.8) is 0 Å². The summed E-state index contributed by atoms with van der Waals surface area (Å²) in [5, 5.41) is 4.01. The van der Waals surface area contributed by atoms with Crippen molar-refractivity contribution in [2.75, 3.05) is 13.2 Å². The number of carbonyl (C=O) groups is 1. The molecule has 0 spiro atoms. The molecule has 28 heavy (non-hydrogen) atoms. The van der Waals surface area contributed by atoms with Crippen LogP contribution in [0.3, 0.4) is 0 Å². The number of hydrazone groups is 1. The van der Waals surface area contributed by atoms with Crippen LogP contribution in [0.4, 0.5) is 0 Å². The number of carbonyl (C=O) groups excluding carboxylic acids is 1. The van der Waals surface area contributed by atoms with Gasteiger partial charge >= 0.3 is 0 Å². The van der Waals surface area contributed by atoms with Gasteiger partial charge < -0.3 is 9.47 Å². The third kappa shape index (κ3) is 6.41. The predicted octanol–water partition coefficient (Wildman–Crippen LogP) is 4.61. The zero-order valence-electron chi connectivity index (χ0n) is 17.4. The smallest absolute Gasteiger partial charge is 0.277 e. The van der Waals surface area contributed by atoms with Gasteiger partial charge in [-0.15, -0.1) is 0 Å². The zero-order chi connectivity index (χ0) is 20.6. The Morgan fingerprint density at radius 1 is 1.11 bits per heavy atom. The first-order valence-corrected chi connectivity index (χ1v) is 9.59. The van der Waals surface area contributed by atoms with Crippen LogP contribution in [0.5, 0.6) is 11.5 Å². The van der Waals surface area contributed by atoms with Crippen molar-refractivity contribution in [3.05, 3.63) is 59.2 Å². The van der Waals surface area contributed by atoms with E-state index in [1.165, 1.54) is 5.56 Å². The van der Waals surface area contributed by atoms with Gasteiger partial charge in [0, 0.05) is 5.56 Å². The SMILES string of the molecule is CCCOc1ccccc1/C=N\NC(=O)COc1ccc(C(C)(C)C)cc1C. The Morgan fingerprint density at radius 3 is 2.54 bits per heavy atom. The van der Waals surface area contributed by atoms with E-state index in [0.29, 0.717) is 12.4 Å². The molecule has 5 heteroatoms. The van der Waals surface area contributed by atoms with Crippen LogP contribution in [0, 0.1) is 6.92 Å². The largest absolute Gasteiger partial charge is 0.493 e. The Labute approximate surface area is 167 Å². The van der Waals surface area contributed by atoms with Crippen LogP contribution in [0.1, 0.15) is 50.8 Å². The molecule has 0 aliphatic heterocycles. The summed E-state index contributed by atoms with van der Waals surface area (Å²) in [6.07, 6.45) is 2.50. The minimum Gasteiger partial charge on any atom is -0.493 e. The van der Waals surface area contributed by atoms with E-state index >= 15 is 0 Å². The van der Waals surface area contributed by atoms with Crippen LogP contribution in [0.25, 0.3) is 0 Å². The molecule has 0 atom stereocenters. The van der Waals surface area contributed by atoms with E-state index in [-0.39, 0.29) is 17.9 Å². The molecule has 2 aromatic carbocycles. The lowest BCUT2D eigenvalue weighted by Crippen LogP contribution is -2.24. The summed E-state index contributed by atoms with van der Waals surface area (Å²) in [6, 6.07) is 13.6. The number of ether oxygens (including phenoxy) is 2. The van der Waals surface area contributed by atoms with Crippen LogP contribution in [0.15, 0.2) is 47.6 Å². The molecule has 1 amide bonds. The number of rotatable bonds is 8. The van der Waals surface area contributed by atoms with E-state index < -0.39 is 0 Å². The Morgan fingerprint density at radius 2 is 1.86 bits per heavy atom. The normalized spacial score (nSPS) is 11.5. The molecule has 2 aromatic rings. The molecule has 0 unspecified atom stereocenters. The topological polar surface area (TPSA) is 59.9 Å². The van der Waals surface area contributed by atoms with Gasteiger partial charge in [0.05, 0.1) is 12.8 Å². The Kier molecular flexibility index (Phi) is 7.61. The van der Waals surface area contributed by atoms with Gasteiger partial charge in [0.2, 0.25) is 0 Å². The molecular formula is C23H30N2O3. The summed E-state index contributed by atoms with van der Waals surface area (Å²) >= 11 is 0. The van der Waals surface area contributed by atoms with Gasteiger partial charge in [0.1, 0.15) is 11.5 Å². The van der Waals surface area contributed by atoms with Crippen molar-refractivity contribution in [1.29, 1.82) is 0 Å². The fraction of sp³-hybridized carbons (Fsp3) is 0.391. The van der Waals surface area contributed by atoms with E-state index in [1.807, 2.05) is 43.3 Å². The molecule has 0 aliphatic carbocycles. The molecule has 0 heterocycles. The minimum absolute atomic E-state index is 0.0759. The zero-order valence-corrected chi connectivity index (χ0v) is 17.4. The second kappa shape index (κ2) is 9.93. The molecule has 0 saturated carbocycles. The number of amides is 1. The second-order valence-electron chi connectivity index (χ2n) is 7.70. The molecule has 0 aromatic heterocycles. The molecule has 0 radical (unpaired) electrons. The first-order valence-electron chi connectivity index (χ1n) is 9.59. The summed E-state index contributed by atoms with van der Waals surface area (Å²) in [4.78, 5) is 12.0. The van der Waals surface area contributed by atoms with E-state index in [4.69, 9.17) is 9.47 Å². The summed E-state index contributed by atoms with van der Waals surface area (Å²) in [5.41, 5.74) is 5.61. The summed E-state index contributed by atoms with van der Waals surface area (Å²) in [6.45, 7) is 11.1. The highest BCUT2D eigenvalue weighted by molar-refractivity contribution is 5.85. The van der Waals surface area contributed by atoms with Crippen molar-refractivity contribution in [3.8, 4) is 11.5 Å². The van der Waals surface area contributed by atoms with E-state index in [1.54, 1.807) is 6.21 Å². The summed E-state index contributed by atoms with van der Waals surface area (Å²) in [5.74, 6) is 1.13. The molecular weight excluding hydrogens is 352 g/mol. The highest BCUT2D eigenvalue weighted by Gasteiger charge is 2.15. The maximum Gasteiger partial charge on any atom is 0.277 e. The number of benzene rings is 2. The maximum absolute atomic E-state index is 12.0. The summed E-state index contributed by atoms with van der Waals surface area (Å²) in [7, 11) is 0. The number of aryl methyl sites for hydroxylation is 1. The first-order chi connectivity index (χ1) is 13.3. The van der Waals surface area contributed by atoms with Crippen molar-refractivity contribution in [2.24, 2.45) is 5.10 Å². The van der Waals surface area contributed by atoms with Crippen molar-refractivity contribution >= 4 is 12.1 Å². The number of hydrogen-bond donors (Lipinski definition) is 1. The van der Waals surface area contributed by atoms with Crippen LogP contribution >= 0.6 is 0 Å². The first kappa shape index (κ1) is 21.5. The van der Waals surface area contributed by atoms with Crippen LogP contribution in [0.2, 0.25) is 0 Å². The van der Waals surface area contributed by atoms with Gasteiger partial charge in [-0.05, 0) is 48.1 Å². The minimum atomic E-state index is -0.317. The lowest BCUT2D eigenvalue weighted by Gasteiger charge is -2.20. The van der Waals surface area contributed by atoms with Crippen molar-refractivity contribution in [1.82, 2.24) is 5.43 Å². The fourth-order valence-electron chi connectivity index (χ4n) is 2.56. The van der Waals surface area contributed by atoms with Gasteiger partial charge in [-0.1, -0.05) is 52.0 Å². The van der Waals surface area contributed by atoms with Gasteiger partial charge in [-0.3, -0.25) is 4.79 Å². The average molecular weight is 383 g/mol. The lowest BCUT2D eigenvalue weighted by molar-refractivity contribution is -0.123. The van der Waals surface area contributed by atoms with E-state index in [2.05, 4.69) is 44.3 Å². The Balaban J connectivity index is 1.89. The van der Waals surface area contributed by atoms with E-state index in [0.717, 1.165) is 23.3 Å². The highest BCUT2D eigenvalue weighted by atomic mass is 16.5. The molecule has 0 fully saturated rings. The van der Waals surface area contributed by atoms with Crippen LogP contribution in [-0.2, 0) is 10.2 Å². The lowest BCUT2D eigenvalue weighted by atomic mass is 9.86. The number of nitrogens with zero attached hydrogens (tertiary/aromatic N) is 1. The molecule has 0 saturated heterocycles.